The van der Waals surface area contributed by atoms with E-state index in [1.54, 1.807) is 0 Å². The van der Waals surface area contributed by atoms with Crippen molar-refractivity contribution in [2.24, 2.45) is 16.2 Å². The standard InChI is InChI=1S/C26H35NO6/c1-24(2,3)21-27(23(30)32-17-18-8-6-5-7-9-18)19(20(28)33-21)16-25-10-13-26(14-11-25,15-12-25)22(29)31-4/h5-9,19,21H,10-17H2,1-4H3/t19-,21-,25?,26?/m0/s1. The summed E-state index contributed by atoms with van der Waals surface area (Å²) in [4.78, 5) is 40.2. The molecule has 1 saturated heterocycles. The average molecular weight is 458 g/mol. The highest BCUT2D eigenvalue weighted by Crippen LogP contribution is 2.59. The van der Waals surface area contributed by atoms with Gasteiger partial charge in [-0.2, -0.15) is 0 Å². The molecule has 3 aliphatic carbocycles. The highest BCUT2D eigenvalue weighted by Gasteiger charge is 2.57. The molecule has 2 bridgehead atoms. The van der Waals surface area contributed by atoms with E-state index in [1.165, 1.54) is 12.0 Å². The van der Waals surface area contributed by atoms with Crippen LogP contribution < -0.4 is 0 Å². The van der Waals surface area contributed by atoms with Crippen LogP contribution in [0, 0.1) is 16.2 Å². The fourth-order valence-electron chi connectivity index (χ4n) is 5.82. The number of ether oxygens (including phenoxy) is 3. The number of methoxy groups -OCH3 is 1. The minimum Gasteiger partial charge on any atom is -0.469 e. The van der Waals surface area contributed by atoms with Crippen molar-refractivity contribution >= 4 is 18.0 Å². The number of carbonyl (C=O) groups is 3. The highest BCUT2D eigenvalue weighted by atomic mass is 16.6. The Bertz CT molecular complexity index is 881. The van der Waals surface area contributed by atoms with E-state index in [1.807, 2.05) is 51.1 Å². The molecular formula is C26H35NO6. The third-order valence-electron chi connectivity index (χ3n) is 7.89. The van der Waals surface area contributed by atoms with Crippen LogP contribution in [0.3, 0.4) is 0 Å². The third kappa shape index (κ3) is 4.46. The van der Waals surface area contributed by atoms with Gasteiger partial charge in [-0.05, 0) is 55.9 Å². The molecule has 1 aliphatic heterocycles. The Morgan fingerprint density at radius 1 is 1.06 bits per heavy atom. The Hall–Kier alpha value is -2.57. The molecule has 33 heavy (non-hydrogen) atoms. The van der Waals surface area contributed by atoms with Gasteiger partial charge in [0.05, 0.1) is 12.5 Å². The Morgan fingerprint density at radius 3 is 2.21 bits per heavy atom. The van der Waals surface area contributed by atoms with E-state index in [4.69, 9.17) is 14.2 Å². The first-order chi connectivity index (χ1) is 15.6. The van der Waals surface area contributed by atoms with Gasteiger partial charge in [-0.25, -0.2) is 9.59 Å². The predicted molar refractivity (Wildman–Crippen MR) is 121 cm³/mol. The summed E-state index contributed by atoms with van der Waals surface area (Å²) in [6, 6.07) is 8.81. The predicted octanol–water partition coefficient (Wildman–Crippen LogP) is 4.83. The Balaban J connectivity index is 1.51. The Labute approximate surface area is 195 Å². The van der Waals surface area contributed by atoms with Gasteiger partial charge in [-0.3, -0.25) is 9.69 Å². The molecular weight excluding hydrogens is 422 g/mol. The lowest BCUT2D eigenvalue weighted by atomic mass is 9.52. The quantitative estimate of drug-likeness (QED) is 0.465. The van der Waals surface area contributed by atoms with Crippen molar-refractivity contribution in [1.29, 1.82) is 0 Å². The maximum absolute atomic E-state index is 13.3. The molecule has 1 aromatic rings. The molecule has 180 valence electrons. The summed E-state index contributed by atoms with van der Waals surface area (Å²) in [7, 11) is 1.45. The van der Waals surface area contributed by atoms with Crippen LogP contribution in [0.1, 0.15) is 71.3 Å². The normalized spacial score (nSPS) is 31.3. The second-order valence-corrected chi connectivity index (χ2v) is 11.1. The molecule has 7 nitrogen and oxygen atoms in total. The first kappa shape index (κ1) is 23.6. The molecule has 0 radical (unpaired) electrons. The van der Waals surface area contributed by atoms with Crippen LogP contribution >= 0.6 is 0 Å². The van der Waals surface area contributed by atoms with E-state index in [-0.39, 0.29) is 29.4 Å². The van der Waals surface area contributed by atoms with Gasteiger partial charge in [0, 0.05) is 5.41 Å². The van der Waals surface area contributed by atoms with Gasteiger partial charge in [-0.1, -0.05) is 51.1 Å². The molecule has 5 rings (SSSR count). The molecule has 0 unspecified atom stereocenters. The van der Waals surface area contributed by atoms with Crippen LogP contribution in [0.25, 0.3) is 0 Å². The zero-order valence-electron chi connectivity index (χ0n) is 20.1. The van der Waals surface area contributed by atoms with Gasteiger partial charge < -0.3 is 14.2 Å². The first-order valence-corrected chi connectivity index (χ1v) is 11.9. The number of cyclic esters (lactones) is 1. The van der Waals surface area contributed by atoms with E-state index in [9.17, 15) is 14.4 Å². The molecule has 0 N–H and O–H groups in total. The lowest BCUT2D eigenvalue weighted by molar-refractivity contribution is -0.164. The van der Waals surface area contributed by atoms with Crippen molar-refractivity contribution < 1.29 is 28.6 Å². The Kier molecular flexibility index (Phi) is 6.18. The lowest BCUT2D eigenvalue weighted by Crippen LogP contribution is -2.52. The van der Waals surface area contributed by atoms with Crippen molar-refractivity contribution in [3.05, 3.63) is 35.9 Å². The van der Waals surface area contributed by atoms with Crippen LogP contribution in [0.5, 0.6) is 0 Å². The summed E-state index contributed by atoms with van der Waals surface area (Å²) in [5, 5.41) is 0. The minimum atomic E-state index is -0.684. The zero-order chi connectivity index (χ0) is 23.9. The molecule has 0 aromatic heterocycles. The highest BCUT2D eigenvalue weighted by molar-refractivity contribution is 5.84. The first-order valence-electron chi connectivity index (χ1n) is 11.9. The third-order valence-corrected chi connectivity index (χ3v) is 7.89. The molecule has 3 saturated carbocycles. The number of fused-ring (bicyclic) bond motifs is 3. The summed E-state index contributed by atoms with van der Waals surface area (Å²) < 4.78 is 16.5. The second kappa shape index (κ2) is 8.65. The maximum atomic E-state index is 13.3. The number of nitrogens with zero attached hydrogens (tertiary/aromatic N) is 1. The monoisotopic (exact) mass is 457 g/mol. The summed E-state index contributed by atoms with van der Waals surface area (Å²) in [5.74, 6) is -0.480. The average Bonchev–Trinajstić information content (AvgIpc) is 3.15. The van der Waals surface area contributed by atoms with Gasteiger partial charge in [0.25, 0.3) is 0 Å². The largest absolute Gasteiger partial charge is 0.469 e. The maximum Gasteiger partial charge on any atom is 0.413 e. The van der Waals surface area contributed by atoms with Gasteiger partial charge in [0.2, 0.25) is 0 Å². The van der Waals surface area contributed by atoms with E-state index in [0.717, 1.165) is 44.1 Å². The summed E-state index contributed by atoms with van der Waals surface area (Å²) in [6.07, 6.45) is 4.17. The topological polar surface area (TPSA) is 82.1 Å². The van der Waals surface area contributed by atoms with E-state index < -0.39 is 23.8 Å². The van der Waals surface area contributed by atoms with Crippen LogP contribution in [0.2, 0.25) is 0 Å². The van der Waals surface area contributed by atoms with Gasteiger partial charge >= 0.3 is 18.0 Å². The van der Waals surface area contributed by atoms with Crippen LogP contribution in [-0.4, -0.2) is 42.3 Å². The fraction of sp³-hybridized carbons (Fsp3) is 0.654. The molecule has 4 aliphatic rings. The second-order valence-electron chi connectivity index (χ2n) is 11.1. The lowest BCUT2D eigenvalue weighted by Gasteiger charge is -2.52. The van der Waals surface area contributed by atoms with Crippen molar-refractivity contribution in [3.63, 3.8) is 0 Å². The number of amides is 1. The fourth-order valence-corrected chi connectivity index (χ4v) is 5.82. The number of rotatable bonds is 5. The van der Waals surface area contributed by atoms with E-state index >= 15 is 0 Å². The molecule has 1 aromatic carbocycles. The number of esters is 2. The number of carbonyl (C=O) groups excluding carboxylic acids is 3. The summed E-state index contributed by atoms with van der Waals surface area (Å²) in [6.45, 7) is 6.00. The summed E-state index contributed by atoms with van der Waals surface area (Å²) in [5.41, 5.74) is -0.0231. The Morgan fingerprint density at radius 2 is 1.67 bits per heavy atom. The van der Waals surface area contributed by atoms with E-state index in [0.29, 0.717) is 6.42 Å². The number of hydrogen-bond acceptors (Lipinski definition) is 6. The molecule has 4 fully saturated rings. The van der Waals surface area contributed by atoms with Gasteiger partial charge in [0.1, 0.15) is 12.6 Å². The smallest absolute Gasteiger partial charge is 0.413 e. The zero-order valence-corrected chi connectivity index (χ0v) is 20.1. The van der Waals surface area contributed by atoms with Crippen molar-refractivity contribution in [2.75, 3.05) is 7.11 Å². The molecule has 1 heterocycles. The van der Waals surface area contributed by atoms with Crippen LogP contribution in [-0.2, 0) is 30.4 Å². The SMILES string of the molecule is COC(=O)C12CCC(C[C@H]3C(=O)O[C@@H](C(C)(C)C)N3C(=O)OCc3ccccc3)(CC1)CC2. The van der Waals surface area contributed by atoms with Crippen molar-refractivity contribution in [3.8, 4) is 0 Å². The molecule has 7 heteroatoms. The van der Waals surface area contributed by atoms with E-state index in [2.05, 4.69) is 0 Å². The molecule has 1 amide bonds. The van der Waals surface area contributed by atoms with Crippen LogP contribution in [0.4, 0.5) is 4.79 Å². The molecule has 0 spiro atoms. The van der Waals surface area contributed by atoms with Gasteiger partial charge in [0.15, 0.2) is 6.23 Å². The van der Waals surface area contributed by atoms with Gasteiger partial charge in [-0.15, -0.1) is 0 Å². The van der Waals surface area contributed by atoms with Crippen molar-refractivity contribution in [2.45, 2.75) is 84.6 Å². The number of benzene rings is 1. The molecule has 2 atom stereocenters. The summed E-state index contributed by atoms with van der Waals surface area (Å²) >= 11 is 0. The number of hydrogen-bond donors (Lipinski definition) is 0. The minimum absolute atomic E-state index is 0.0792. The van der Waals surface area contributed by atoms with Crippen molar-refractivity contribution in [1.82, 2.24) is 4.90 Å². The van der Waals surface area contributed by atoms with Crippen LogP contribution in [0.15, 0.2) is 30.3 Å².